The second-order valence-electron chi connectivity index (χ2n) is 5.23. The highest BCUT2D eigenvalue weighted by Gasteiger charge is 2.22. The minimum Gasteiger partial charge on any atom is -0.372 e. The average molecular weight is 305 g/mol. The Labute approximate surface area is 132 Å². The minimum absolute atomic E-state index is 0. The molecule has 0 spiro atoms. The Kier molecular flexibility index (Phi) is 5.34. The molecule has 0 saturated heterocycles. The van der Waals surface area contributed by atoms with Gasteiger partial charge >= 0.3 is 0 Å². The van der Waals surface area contributed by atoms with Crippen molar-refractivity contribution in [2.75, 3.05) is 20.2 Å². The molecular weight excluding hydrogens is 284 g/mol. The summed E-state index contributed by atoms with van der Waals surface area (Å²) >= 11 is 0. The van der Waals surface area contributed by atoms with Gasteiger partial charge in [0.1, 0.15) is 0 Å². The van der Waals surface area contributed by atoms with Gasteiger partial charge in [-0.3, -0.25) is 4.98 Å². The molecule has 2 aromatic rings. The Morgan fingerprint density at radius 2 is 2.19 bits per heavy atom. The molecule has 1 aromatic heterocycles. The van der Waals surface area contributed by atoms with Gasteiger partial charge in [-0.15, -0.1) is 12.4 Å². The molecule has 0 amide bonds. The summed E-state index contributed by atoms with van der Waals surface area (Å²) < 4.78 is 5.88. The number of aromatic nitrogens is 1. The summed E-state index contributed by atoms with van der Waals surface area (Å²) in [6.45, 7) is 3.68. The lowest BCUT2D eigenvalue weighted by Gasteiger charge is -2.28. The first kappa shape index (κ1) is 16.0. The van der Waals surface area contributed by atoms with E-state index in [-0.39, 0.29) is 18.5 Å². The highest BCUT2D eigenvalue weighted by Crippen LogP contribution is 2.34. The van der Waals surface area contributed by atoms with E-state index < -0.39 is 0 Å². The molecule has 0 saturated carbocycles. The SMILES string of the molecule is CNC[C@H]1OCCc2c(-c3ccnc(C)c3)cccc21.Cl. The van der Waals surface area contributed by atoms with Crippen molar-refractivity contribution in [3.05, 3.63) is 53.3 Å². The first-order valence-corrected chi connectivity index (χ1v) is 7.10. The first-order chi connectivity index (χ1) is 9.79. The quantitative estimate of drug-likeness (QED) is 0.944. The molecule has 0 fully saturated rings. The Morgan fingerprint density at radius 3 is 2.95 bits per heavy atom. The smallest absolute Gasteiger partial charge is 0.0952 e. The number of nitrogens with one attached hydrogen (secondary N) is 1. The Morgan fingerprint density at radius 1 is 1.33 bits per heavy atom. The summed E-state index contributed by atoms with van der Waals surface area (Å²) in [4.78, 5) is 4.29. The van der Waals surface area contributed by atoms with E-state index in [0.717, 1.165) is 25.3 Å². The van der Waals surface area contributed by atoms with E-state index in [1.54, 1.807) is 0 Å². The Hall–Kier alpha value is -1.42. The van der Waals surface area contributed by atoms with Gasteiger partial charge in [-0.25, -0.2) is 0 Å². The fraction of sp³-hybridized carbons (Fsp3) is 0.353. The highest BCUT2D eigenvalue weighted by atomic mass is 35.5. The number of nitrogens with zero attached hydrogens (tertiary/aromatic N) is 1. The summed E-state index contributed by atoms with van der Waals surface area (Å²) in [5, 5.41) is 3.21. The second-order valence-corrected chi connectivity index (χ2v) is 5.23. The molecule has 112 valence electrons. The number of likely N-dealkylation sites (N-methyl/N-ethyl adjacent to an activating group) is 1. The zero-order valence-electron chi connectivity index (χ0n) is 12.4. The Bertz CT molecular complexity index is 615. The minimum atomic E-state index is 0. The molecule has 0 bridgehead atoms. The predicted octanol–water partition coefficient (Wildman–Crippen LogP) is 3.31. The third-order valence-electron chi connectivity index (χ3n) is 3.83. The van der Waals surface area contributed by atoms with Crippen LogP contribution < -0.4 is 5.32 Å². The van der Waals surface area contributed by atoms with Gasteiger partial charge in [0.2, 0.25) is 0 Å². The van der Waals surface area contributed by atoms with Crippen LogP contribution in [0.4, 0.5) is 0 Å². The normalized spacial score (nSPS) is 17.0. The van der Waals surface area contributed by atoms with Gasteiger partial charge in [0.05, 0.1) is 12.7 Å². The first-order valence-electron chi connectivity index (χ1n) is 7.10. The summed E-state index contributed by atoms with van der Waals surface area (Å²) in [7, 11) is 1.97. The van der Waals surface area contributed by atoms with Crippen molar-refractivity contribution in [2.24, 2.45) is 0 Å². The largest absolute Gasteiger partial charge is 0.372 e. The maximum Gasteiger partial charge on any atom is 0.0952 e. The van der Waals surface area contributed by atoms with Crippen molar-refractivity contribution in [1.82, 2.24) is 10.3 Å². The molecule has 1 N–H and O–H groups in total. The van der Waals surface area contributed by atoms with Gasteiger partial charge in [0.25, 0.3) is 0 Å². The molecule has 1 aliphatic heterocycles. The molecule has 2 heterocycles. The van der Waals surface area contributed by atoms with E-state index in [9.17, 15) is 0 Å². The van der Waals surface area contributed by atoms with Crippen molar-refractivity contribution in [3.63, 3.8) is 0 Å². The maximum atomic E-state index is 5.88. The molecule has 4 heteroatoms. The topological polar surface area (TPSA) is 34.1 Å². The third-order valence-corrected chi connectivity index (χ3v) is 3.83. The number of hydrogen-bond donors (Lipinski definition) is 1. The van der Waals surface area contributed by atoms with E-state index in [4.69, 9.17) is 4.74 Å². The zero-order valence-corrected chi connectivity index (χ0v) is 13.2. The van der Waals surface area contributed by atoms with Crippen LogP contribution in [0.5, 0.6) is 0 Å². The summed E-state index contributed by atoms with van der Waals surface area (Å²) in [5.41, 5.74) is 6.36. The van der Waals surface area contributed by atoms with E-state index in [1.807, 2.05) is 20.2 Å². The standard InChI is InChI=1S/C17H20N2O.ClH/c1-12-10-13(6-8-19-12)14-4-3-5-16-15(14)7-9-20-17(16)11-18-2;/h3-6,8,10,17-18H,7,9,11H2,1-2H3;1H/t17-;/m1./s1. The van der Waals surface area contributed by atoms with Gasteiger partial charge in [-0.2, -0.15) is 0 Å². The van der Waals surface area contributed by atoms with Crippen LogP contribution in [0.1, 0.15) is 22.9 Å². The summed E-state index contributed by atoms with van der Waals surface area (Å²) in [6, 6.07) is 10.8. The molecule has 21 heavy (non-hydrogen) atoms. The predicted molar refractivity (Wildman–Crippen MR) is 88.0 cm³/mol. The van der Waals surface area contributed by atoms with Crippen molar-refractivity contribution in [2.45, 2.75) is 19.4 Å². The molecule has 1 aromatic carbocycles. The molecule has 0 radical (unpaired) electrons. The van der Waals surface area contributed by atoms with Crippen LogP contribution in [-0.2, 0) is 11.2 Å². The van der Waals surface area contributed by atoms with Crippen molar-refractivity contribution < 1.29 is 4.74 Å². The fourth-order valence-electron chi connectivity index (χ4n) is 2.92. The fourth-order valence-corrected chi connectivity index (χ4v) is 2.92. The van der Waals surface area contributed by atoms with Gasteiger partial charge in [-0.05, 0) is 54.8 Å². The molecule has 0 unspecified atom stereocenters. The van der Waals surface area contributed by atoms with E-state index in [2.05, 4.69) is 40.6 Å². The number of hydrogen-bond acceptors (Lipinski definition) is 3. The van der Waals surface area contributed by atoms with Crippen LogP contribution in [0.15, 0.2) is 36.5 Å². The number of benzene rings is 1. The van der Waals surface area contributed by atoms with E-state index >= 15 is 0 Å². The van der Waals surface area contributed by atoms with E-state index in [1.165, 1.54) is 22.3 Å². The summed E-state index contributed by atoms with van der Waals surface area (Å²) in [5.74, 6) is 0. The van der Waals surface area contributed by atoms with Crippen molar-refractivity contribution >= 4 is 12.4 Å². The number of ether oxygens (including phenoxy) is 1. The van der Waals surface area contributed by atoms with Crippen molar-refractivity contribution in [1.29, 1.82) is 0 Å². The van der Waals surface area contributed by atoms with Gasteiger partial charge < -0.3 is 10.1 Å². The molecule has 3 rings (SSSR count). The Balaban J connectivity index is 0.00000161. The lowest BCUT2D eigenvalue weighted by atomic mass is 9.89. The van der Waals surface area contributed by atoms with Crippen molar-refractivity contribution in [3.8, 4) is 11.1 Å². The van der Waals surface area contributed by atoms with Crippen LogP contribution in [0.3, 0.4) is 0 Å². The lowest BCUT2D eigenvalue weighted by Crippen LogP contribution is -2.25. The lowest BCUT2D eigenvalue weighted by molar-refractivity contribution is 0.0440. The van der Waals surface area contributed by atoms with Crippen LogP contribution in [0.2, 0.25) is 0 Å². The third kappa shape index (κ3) is 3.26. The average Bonchev–Trinajstić information content (AvgIpc) is 2.47. The van der Waals surface area contributed by atoms with Crippen LogP contribution in [-0.4, -0.2) is 25.2 Å². The molecule has 1 atom stereocenters. The number of aryl methyl sites for hydroxylation is 1. The van der Waals surface area contributed by atoms with Gasteiger partial charge in [0.15, 0.2) is 0 Å². The van der Waals surface area contributed by atoms with E-state index in [0.29, 0.717) is 0 Å². The highest BCUT2D eigenvalue weighted by molar-refractivity contribution is 5.85. The van der Waals surface area contributed by atoms with Gasteiger partial charge in [-0.1, -0.05) is 18.2 Å². The number of fused-ring (bicyclic) bond motifs is 1. The zero-order chi connectivity index (χ0) is 13.9. The maximum absolute atomic E-state index is 5.88. The summed E-state index contributed by atoms with van der Waals surface area (Å²) in [6.07, 6.45) is 3.02. The monoisotopic (exact) mass is 304 g/mol. The molecular formula is C17H21ClN2O. The van der Waals surface area contributed by atoms with Gasteiger partial charge in [0, 0.05) is 18.4 Å². The number of rotatable bonds is 3. The molecule has 1 aliphatic rings. The number of pyridine rings is 1. The van der Waals surface area contributed by atoms with Crippen LogP contribution >= 0.6 is 12.4 Å². The number of halogens is 1. The van der Waals surface area contributed by atoms with Crippen LogP contribution in [0, 0.1) is 6.92 Å². The molecule has 3 nitrogen and oxygen atoms in total. The second kappa shape index (κ2) is 7.03. The molecule has 0 aliphatic carbocycles. The van der Waals surface area contributed by atoms with Crippen LogP contribution in [0.25, 0.3) is 11.1 Å².